The molecule has 0 N–H and O–H groups in total. The molecule has 0 bridgehead atoms. The van der Waals surface area contributed by atoms with Crippen molar-refractivity contribution in [1.29, 1.82) is 0 Å². The van der Waals surface area contributed by atoms with Crippen molar-refractivity contribution in [3.63, 3.8) is 0 Å². The predicted octanol–water partition coefficient (Wildman–Crippen LogP) is 14.2. The van der Waals surface area contributed by atoms with Gasteiger partial charge in [-0.15, -0.1) is 0 Å². The fraction of sp³-hybridized carbons (Fsp3) is 0.158. The van der Waals surface area contributed by atoms with Crippen molar-refractivity contribution in [2.75, 3.05) is 0 Å². The van der Waals surface area contributed by atoms with Crippen LogP contribution in [0.2, 0.25) is 0 Å². The van der Waals surface area contributed by atoms with E-state index in [1.54, 1.807) is 33.4 Å². The van der Waals surface area contributed by atoms with Crippen molar-refractivity contribution in [2.24, 2.45) is 5.41 Å². The lowest BCUT2D eigenvalue weighted by atomic mass is 9.87. The van der Waals surface area contributed by atoms with E-state index >= 15 is 0 Å². The number of ether oxygens (including phenoxy) is 1. The Balaban J connectivity index is 1.15. The molecule has 3 heterocycles. The highest BCUT2D eigenvalue weighted by Crippen LogP contribution is 2.38. The Morgan fingerprint density at radius 2 is 1.34 bits per heavy atom. The molecule has 0 aliphatic carbocycles. The minimum Gasteiger partial charge on any atom is -0.458 e. The van der Waals surface area contributed by atoms with Gasteiger partial charge in [0.15, 0.2) is 0 Å². The van der Waals surface area contributed by atoms with E-state index in [4.69, 9.17) is 26.2 Å². The largest absolute Gasteiger partial charge is 0.458 e. The molecule has 0 saturated heterocycles. The van der Waals surface area contributed by atoms with Crippen LogP contribution in [-0.2, 0) is 11.8 Å². The first-order chi connectivity index (χ1) is 34.9. The predicted molar refractivity (Wildman–Crippen MR) is 255 cm³/mol. The molecule has 0 fully saturated rings. The van der Waals surface area contributed by atoms with Gasteiger partial charge in [0.1, 0.15) is 17.3 Å². The summed E-state index contributed by atoms with van der Waals surface area (Å²) in [6, 6.07) is 29.8. The van der Waals surface area contributed by atoms with Crippen LogP contribution in [0.3, 0.4) is 0 Å². The average molecular weight is 819 g/mol. The minimum absolute atomic E-state index is 0.143. The maximum Gasteiger partial charge on any atom is 0.269 e. The Labute approximate surface area is 381 Å². The number of para-hydroxylation sites is 3. The first-order valence-corrected chi connectivity index (χ1v) is 20.5. The van der Waals surface area contributed by atoms with Crippen LogP contribution in [0.4, 0.5) is 0 Å². The van der Waals surface area contributed by atoms with Crippen LogP contribution in [0.25, 0.3) is 72.3 Å². The number of hydrogen-bond donors (Lipinski definition) is 0. The lowest BCUT2D eigenvalue weighted by Crippen LogP contribution is -2.31. The van der Waals surface area contributed by atoms with Gasteiger partial charge in [0.25, 0.3) is 6.33 Å². The SMILES string of the molecule is [2H]c1c([2H])c([2H])c(-c2cccc(-c3c([2H])c([2H])c([2H])c([2H])c3[2H])c2-[n+]2[c-]n(-c3cccc(Oc4ccc5c6cc(C([2H])([2H])C(C)(C)C)ccc6n(-c6cc(C(C)(C)C)ccn6)c5c4)c3)c3ccccc32)c([2H])c1[2H]. The van der Waals surface area contributed by atoms with E-state index < -0.39 is 72.2 Å². The van der Waals surface area contributed by atoms with Gasteiger partial charge in [-0.05, 0) is 105 Å². The Kier molecular flexibility index (Phi) is 6.82. The lowest BCUT2D eigenvalue weighted by molar-refractivity contribution is -0.571. The summed E-state index contributed by atoms with van der Waals surface area (Å²) in [5, 5.41) is 1.76. The monoisotopic (exact) mass is 818 g/mol. The molecule has 0 unspecified atom stereocenters. The number of imidazole rings is 1. The van der Waals surface area contributed by atoms with Crippen molar-refractivity contribution in [3.05, 3.63) is 199 Å². The summed E-state index contributed by atoms with van der Waals surface area (Å²) >= 11 is 0. The summed E-state index contributed by atoms with van der Waals surface area (Å²) in [6.45, 7) is 12.1. The summed E-state index contributed by atoms with van der Waals surface area (Å²) in [5.41, 5.74) is 4.43. The van der Waals surface area contributed by atoms with Gasteiger partial charge in [-0.3, -0.25) is 13.7 Å². The quantitative estimate of drug-likeness (QED) is 0.113. The fourth-order valence-corrected chi connectivity index (χ4v) is 8.03. The number of pyridine rings is 1. The highest BCUT2D eigenvalue weighted by molar-refractivity contribution is 6.09. The molecule has 0 amide bonds. The third-order valence-electron chi connectivity index (χ3n) is 10.8. The van der Waals surface area contributed by atoms with Crippen LogP contribution in [0.5, 0.6) is 11.5 Å². The summed E-state index contributed by atoms with van der Waals surface area (Å²) < 4.78 is 118. The van der Waals surface area contributed by atoms with E-state index in [1.807, 2.05) is 112 Å². The van der Waals surface area contributed by atoms with Crippen molar-refractivity contribution >= 4 is 32.8 Å². The highest BCUT2D eigenvalue weighted by atomic mass is 16.5. The number of nitrogens with zero attached hydrogens (tertiary/aromatic N) is 4. The van der Waals surface area contributed by atoms with Crippen molar-refractivity contribution in [2.45, 2.75) is 53.3 Å². The zero-order valence-electron chi connectivity index (χ0n) is 47.2. The Morgan fingerprint density at radius 1 is 0.645 bits per heavy atom. The molecule has 0 aliphatic heterocycles. The molecule has 0 radical (unpaired) electrons. The van der Waals surface area contributed by atoms with E-state index in [1.165, 1.54) is 0 Å². The zero-order valence-corrected chi connectivity index (χ0v) is 35.2. The first-order valence-electron chi connectivity index (χ1n) is 26.5. The van der Waals surface area contributed by atoms with E-state index in [0.29, 0.717) is 39.6 Å². The minimum atomic E-state index is -1.63. The molecular formula is C57H50N4O. The van der Waals surface area contributed by atoms with E-state index in [2.05, 4.69) is 37.7 Å². The molecule has 0 atom stereocenters. The molecule has 304 valence electrons. The second kappa shape index (κ2) is 15.3. The van der Waals surface area contributed by atoms with Gasteiger partial charge in [0.2, 0.25) is 0 Å². The lowest BCUT2D eigenvalue weighted by Gasteiger charge is -2.20. The van der Waals surface area contributed by atoms with Crippen molar-refractivity contribution < 1.29 is 25.8 Å². The molecule has 3 aromatic heterocycles. The normalized spacial score (nSPS) is 15.1. The van der Waals surface area contributed by atoms with Gasteiger partial charge in [-0.2, -0.15) is 0 Å². The van der Waals surface area contributed by atoms with Crippen molar-refractivity contribution in [3.8, 4) is 50.9 Å². The Hall–Kier alpha value is -7.24. The third-order valence-corrected chi connectivity index (χ3v) is 10.8. The molecule has 0 spiro atoms. The third kappa shape index (κ3) is 7.34. The van der Waals surface area contributed by atoms with Gasteiger partial charge in [-0.25, -0.2) is 4.98 Å². The van der Waals surface area contributed by atoms with Crippen LogP contribution in [-0.4, -0.2) is 14.1 Å². The van der Waals surface area contributed by atoms with E-state index in [-0.39, 0.29) is 33.4 Å². The zero-order chi connectivity index (χ0) is 53.1. The summed E-state index contributed by atoms with van der Waals surface area (Å²) in [6.07, 6.45) is 3.61. The molecule has 7 aromatic carbocycles. The van der Waals surface area contributed by atoms with Crippen LogP contribution in [0.15, 0.2) is 182 Å². The van der Waals surface area contributed by atoms with E-state index in [0.717, 1.165) is 27.4 Å². The number of benzene rings is 7. The molecule has 10 aromatic rings. The van der Waals surface area contributed by atoms with Crippen molar-refractivity contribution in [1.82, 2.24) is 14.1 Å². The highest BCUT2D eigenvalue weighted by Gasteiger charge is 2.22. The number of rotatable bonds is 8. The van der Waals surface area contributed by atoms with Crippen LogP contribution in [0.1, 0.15) is 69.1 Å². The fourth-order valence-electron chi connectivity index (χ4n) is 8.03. The smallest absolute Gasteiger partial charge is 0.269 e. The maximum absolute atomic E-state index is 9.12. The van der Waals surface area contributed by atoms with Gasteiger partial charge < -0.3 is 4.74 Å². The first kappa shape index (κ1) is 27.6. The standard InChI is InChI=1S/C57H50N4O/c1-56(2,3)37-39-27-30-50-49(33-39)48-29-28-45(36-53(48)61(50)54-34-42(31-32-58-54)57(4,5)6)62-44-22-15-21-43(35-44)59-38-60(52-26-14-13-25-51(52)59)55-46(40-17-9-7-10-18-40)23-16-24-47(55)41-19-11-8-12-20-41/h7-36H,37H2,1-6H3/i7D,8D,9D,10D,11D,12D,17D,18D,19D,20D,37D2. The van der Waals surface area contributed by atoms with Crippen LogP contribution < -0.4 is 9.30 Å². The summed E-state index contributed by atoms with van der Waals surface area (Å²) in [4.78, 5) is 4.85. The second-order valence-electron chi connectivity index (χ2n) is 17.3. The molecule has 62 heavy (non-hydrogen) atoms. The van der Waals surface area contributed by atoms with Gasteiger partial charge in [0.05, 0.1) is 47.1 Å². The second-order valence-corrected chi connectivity index (χ2v) is 17.3. The van der Waals surface area contributed by atoms with E-state index in [9.17, 15) is 0 Å². The van der Waals surface area contributed by atoms with Gasteiger partial charge in [0, 0.05) is 25.8 Å². The topological polar surface area (TPSA) is 35.9 Å². The number of fused-ring (bicyclic) bond motifs is 4. The average Bonchev–Trinajstić information content (AvgIpc) is 3.91. The van der Waals surface area contributed by atoms with Gasteiger partial charge in [-0.1, -0.05) is 157 Å². The molecule has 5 heteroatoms. The number of hydrogen-bond acceptors (Lipinski definition) is 2. The number of aromatic nitrogens is 4. The molecule has 5 nitrogen and oxygen atoms in total. The maximum atomic E-state index is 9.12. The molecule has 0 aliphatic rings. The molecule has 10 rings (SSSR count). The summed E-state index contributed by atoms with van der Waals surface area (Å²) in [7, 11) is 0. The molecule has 0 saturated carbocycles. The van der Waals surface area contributed by atoms with Gasteiger partial charge >= 0.3 is 0 Å². The van der Waals surface area contributed by atoms with Crippen LogP contribution in [0, 0.1) is 11.7 Å². The Morgan fingerprint density at radius 3 is 2.05 bits per heavy atom. The molecular weight excluding hydrogens is 757 g/mol. The van der Waals surface area contributed by atoms with Crippen LogP contribution >= 0.6 is 0 Å². The Bertz CT molecular complexity index is 3810. The summed E-state index contributed by atoms with van der Waals surface area (Å²) in [5.74, 6) is 1.69.